The van der Waals surface area contributed by atoms with Crippen LogP contribution in [0.5, 0.6) is 0 Å². The van der Waals surface area contributed by atoms with Crippen LogP contribution in [0.3, 0.4) is 0 Å². The van der Waals surface area contributed by atoms with Gasteiger partial charge >= 0.3 is 0 Å². The summed E-state index contributed by atoms with van der Waals surface area (Å²) in [6.45, 7) is 3.23. The van der Waals surface area contributed by atoms with Crippen molar-refractivity contribution in [1.82, 2.24) is 4.98 Å². The normalized spacial score (nSPS) is 14.6. The molecule has 1 aromatic carbocycles. The highest BCUT2D eigenvalue weighted by Gasteiger charge is 2.29. The molecule has 4 rings (SSSR count). The van der Waals surface area contributed by atoms with E-state index in [0.717, 1.165) is 11.3 Å². The lowest BCUT2D eigenvalue weighted by molar-refractivity contribution is -0.120. The summed E-state index contributed by atoms with van der Waals surface area (Å²) in [6, 6.07) is 13.3. The number of carbonyl (C=O) groups is 1. The van der Waals surface area contributed by atoms with Crippen LogP contribution in [0.4, 0.5) is 11.6 Å². The second kappa shape index (κ2) is 7.61. The summed E-state index contributed by atoms with van der Waals surface area (Å²) in [5.74, 6) is 1.16. The summed E-state index contributed by atoms with van der Waals surface area (Å²) in [5.41, 5.74) is 2.15. The molecule has 1 saturated heterocycles. The van der Waals surface area contributed by atoms with Crippen LogP contribution in [0.25, 0.3) is 11.7 Å². The Balaban J connectivity index is 1.41. The van der Waals surface area contributed by atoms with E-state index in [1.807, 2.05) is 36.1 Å². The van der Waals surface area contributed by atoms with Gasteiger partial charge in [0.1, 0.15) is 6.07 Å². The molecule has 142 valence electrons. The summed E-state index contributed by atoms with van der Waals surface area (Å²) in [5, 5.41) is 12.4. The largest absolute Gasteiger partial charge is 0.459 e. The van der Waals surface area contributed by atoms with Gasteiger partial charge in [0, 0.05) is 24.7 Å². The summed E-state index contributed by atoms with van der Waals surface area (Å²) in [7, 11) is 0. The number of piperidine rings is 1. The number of nitrogens with one attached hydrogen (secondary N) is 1. The van der Waals surface area contributed by atoms with Gasteiger partial charge in [0.05, 0.1) is 6.26 Å². The minimum Gasteiger partial charge on any atom is -0.459 e. The third kappa shape index (κ3) is 3.62. The molecule has 28 heavy (non-hydrogen) atoms. The molecule has 0 radical (unpaired) electrons. The molecule has 0 spiro atoms. The number of hydrogen-bond donors (Lipinski definition) is 1. The fraction of sp³-hybridized carbons (Fsp3) is 0.286. The summed E-state index contributed by atoms with van der Waals surface area (Å²) >= 11 is 0. The van der Waals surface area contributed by atoms with Crippen molar-refractivity contribution in [1.29, 1.82) is 5.26 Å². The molecule has 0 aliphatic carbocycles. The third-order valence-electron chi connectivity index (χ3n) is 4.89. The molecule has 0 unspecified atom stereocenters. The molecule has 0 saturated carbocycles. The topological polar surface area (TPSA) is 95.3 Å². The van der Waals surface area contributed by atoms with E-state index in [9.17, 15) is 10.1 Å². The number of nitrogens with zero attached hydrogens (tertiary/aromatic N) is 3. The fourth-order valence-corrected chi connectivity index (χ4v) is 3.42. The Morgan fingerprint density at radius 1 is 1.29 bits per heavy atom. The van der Waals surface area contributed by atoms with Crippen LogP contribution >= 0.6 is 0 Å². The number of hydrogen-bond acceptors (Lipinski definition) is 6. The van der Waals surface area contributed by atoms with Gasteiger partial charge in [0.25, 0.3) is 5.89 Å². The van der Waals surface area contributed by atoms with E-state index in [1.165, 1.54) is 6.26 Å². The molecule has 2 aromatic heterocycles. The first-order valence-corrected chi connectivity index (χ1v) is 9.21. The standard InChI is InChI=1S/C21H20N4O3/c1-14-4-2-5-16(12-14)23-19(26)15-7-9-25(10-8-15)21-17(13-22)24-20(28-21)18-6-3-11-27-18/h2-6,11-12,15H,7-10H2,1H3,(H,23,26). The molecule has 3 heterocycles. The first-order valence-electron chi connectivity index (χ1n) is 9.21. The zero-order valence-corrected chi connectivity index (χ0v) is 15.5. The number of aromatic nitrogens is 1. The summed E-state index contributed by atoms with van der Waals surface area (Å²) in [6.07, 6.45) is 2.89. The van der Waals surface area contributed by atoms with Gasteiger partial charge in [-0.3, -0.25) is 4.79 Å². The highest BCUT2D eigenvalue weighted by Crippen LogP contribution is 2.31. The van der Waals surface area contributed by atoms with E-state index in [2.05, 4.69) is 16.4 Å². The predicted molar refractivity (Wildman–Crippen MR) is 104 cm³/mol. The van der Waals surface area contributed by atoms with Crippen LogP contribution in [0.1, 0.15) is 24.1 Å². The van der Waals surface area contributed by atoms with Crippen molar-refractivity contribution in [2.75, 3.05) is 23.3 Å². The summed E-state index contributed by atoms with van der Waals surface area (Å²) in [4.78, 5) is 18.8. The number of benzene rings is 1. The van der Waals surface area contributed by atoms with Gasteiger partial charge in [-0.15, -0.1) is 0 Å². The molecule has 1 fully saturated rings. The minimum atomic E-state index is -0.0743. The molecule has 0 atom stereocenters. The van der Waals surface area contributed by atoms with E-state index in [-0.39, 0.29) is 23.4 Å². The van der Waals surface area contributed by atoms with Crippen molar-refractivity contribution in [3.8, 4) is 17.7 Å². The van der Waals surface area contributed by atoms with E-state index in [1.54, 1.807) is 12.1 Å². The number of furan rings is 1. The van der Waals surface area contributed by atoms with E-state index in [4.69, 9.17) is 8.83 Å². The van der Waals surface area contributed by atoms with Crippen LogP contribution in [0.2, 0.25) is 0 Å². The number of rotatable bonds is 4. The average molecular weight is 376 g/mol. The quantitative estimate of drug-likeness (QED) is 0.740. The lowest BCUT2D eigenvalue weighted by Gasteiger charge is -2.31. The smallest absolute Gasteiger partial charge is 0.266 e. The highest BCUT2D eigenvalue weighted by molar-refractivity contribution is 5.92. The molecule has 7 nitrogen and oxygen atoms in total. The van der Waals surface area contributed by atoms with E-state index < -0.39 is 0 Å². The molecule has 0 bridgehead atoms. The van der Waals surface area contributed by atoms with Crippen LogP contribution in [0, 0.1) is 24.2 Å². The predicted octanol–water partition coefficient (Wildman–Crippen LogP) is 3.97. The van der Waals surface area contributed by atoms with Crippen LogP contribution in [0.15, 0.2) is 51.5 Å². The van der Waals surface area contributed by atoms with Crippen molar-refractivity contribution in [3.63, 3.8) is 0 Å². The Morgan fingerprint density at radius 2 is 2.11 bits per heavy atom. The maximum Gasteiger partial charge on any atom is 0.266 e. The Labute approximate surface area is 162 Å². The number of anilines is 2. The Morgan fingerprint density at radius 3 is 2.79 bits per heavy atom. The van der Waals surface area contributed by atoms with Crippen LogP contribution in [-0.4, -0.2) is 24.0 Å². The van der Waals surface area contributed by atoms with Gasteiger partial charge in [-0.2, -0.15) is 10.2 Å². The minimum absolute atomic E-state index is 0.0274. The molecule has 1 aliphatic rings. The van der Waals surface area contributed by atoms with E-state index in [0.29, 0.717) is 37.6 Å². The number of amides is 1. The number of nitriles is 1. The zero-order valence-electron chi connectivity index (χ0n) is 15.5. The van der Waals surface area contributed by atoms with Crippen molar-refractivity contribution >= 4 is 17.5 Å². The molecule has 7 heteroatoms. The monoisotopic (exact) mass is 376 g/mol. The molecular formula is C21H20N4O3. The van der Waals surface area contributed by atoms with Crippen molar-refractivity contribution in [2.45, 2.75) is 19.8 Å². The molecule has 1 amide bonds. The number of carbonyl (C=O) groups excluding carboxylic acids is 1. The molecule has 1 aliphatic heterocycles. The first-order chi connectivity index (χ1) is 13.6. The number of oxazole rings is 1. The molecular weight excluding hydrogens is 356 g/mol. The van der Waals surface area contributed by atoms with Gasteiger partial charge < -0.3 is 19.1 Å². The fourth-order valence-electron chi connectivity index (χ4n) is 3.42. The molecule has 1 N–H and O–H groups in total. The van der Waals surface area contributed by atoms with Gasteiger partial charge in [-0.05, 0) is 49.6 Å². The van der Waals surface area contributed by atoms with Crippen molar-refractivity contribution < 1.29 is 13.6 Å². The van der Waals surface area contributed by atoms with Gasteiger partial charge in [-0.25, -0.2) is 0 Å². The SMILES string of the molecule is Cc1cccc(NC(=O)C2CCN(c3oc(-c4ccco4)nc3C#N)CC2)c1. The van der Waals surface area contributed by atoms with Gasteiger partial charge in [0.2, 0.25) is 17.5 Å². The van der Waals surface area contributed by atoms with E-state index >= 15 is 0 Å². The molecule has 3 aromatic rings. The van der Waals surface area contributed by atoms with Crippen LogP contribution in [-0.2, 0) is 4.79 Å². The van der Waals surface area contributed by atoms with Crippen molar-refractivity contribution in [2.24, 2.45) is 5.92 Å². The second-order valence-electron chi connectivity index (χ2n) is 6.88. The maximum atomic E-state index is 12.6. The van der Waals surface area contributed by atoms with Crippen molar-refractivity contribution in [3.05, 3.63) is 53.9 Å². The Hall–Kier alpha value is -3.53. The average Bonchev–Trinajstić information content (AvgIpc) is 3.37. The number of aryl methyl sites for hydroxylation is 1. The third-order valence-corrected chi connectivity index (χ3v) is 4.89. The zero-order chi connectivity index (χ0) is 19.5. The Kier molecular flexibility index (Phi) is 4.85. The lowest BCUT2D eigenvalue weighted by Crippen LogP contribution is -2.38. The highest BCUT2D eigenvalue weighted by atomic mass is 16.4. The van der Waals surface area contributed by atoms with Gasteiger partial charge in [0.15, 0.2) is 5.76 Å². The first kappa shape index (κ1) is 17.9. The Bertz CT molecular complexity index is 1010. The van der Waals surface area contributed by atoms with Gasteiger partial charge in [-0.1, -0.05) is 12.1 Å². The second-order valence-corrected chi connectivity index (χ2v) is 6.88. The maximum absolute atomic E-state index is 12.6. The summed E-state index contributed by atoms with van der Waals surface area (Å²) < 4.78 is 11.1. The lowest BCUT2D eigenvalue weighted by atomic mass is 9.95. The van der Waals surface area contributed by atoms with Crippen LogP contribution < -0.4 is 10.2 Å².